The maximum atomic E-state index is 13.0. The molecular weight excluding hydrogens is 436 g/mol. The Labute approximate surface area is 188 Å². The molecule has 0 unspecified atom stereocenters. The lowest BCUT2D eigenvalue weighted by molar-refractivity contribution is 0.241. The smallest absolute Gasteiger partial charge is 0.243 e. The Balaban J connectivity index is 1.46. The largest absolute Gasteiger partial charge is 0.496 e. The van der Waals surface area contributed by atoms with Gasteiger partial charge in [-0.25, -0.2) is 8.42 Å². The number of benzene rings is 2. The van der Waals surface area contributed by atoms with Crippen LogP contribution in [0.5, 0.6) is 5.75 Å². The second-order valence-electron chi connectivity index (χ2n) is 7.76. The zero-order valence-electron chi connectivity index (χ0n) is 17.5. The lowest BCUT2D eigenvalue weighted by atomic mass is 9.85. The Morgan fingerprint density at radius 2 is 1.87 bits per heavy atom. The van der Waals surface area contributed by atoms with Gasteiger partial charge in [0.2, 0.25) is 10.0 Å². The van der Waals surface area contributed by atoms with Crippen molar-refractivity contribution in [1.82, 2.24) is 14.9 Å². The number of nitrogens with zero attached hydrogens (tertiary/aromatic N) is 2. The molecule has 2 heterocycles. The molecule has 0 aliphatic carbocycles. The van der Waals surface area contributed by atoms with Gasteiger partial charge in [-0.15, -0.1) is 0 Å². The average Bonchev–Trinajstić information content (AvgIpc) is 2.79. The molecule has 7 nitrogen and oxygen atoms in total. The summed E-state index contributed by atoms with van der Waals surface area (Å²) in [5.74, 6) is 1.73. The molecule has 2 N–H and O–H groups in total. The number of rotatable bonds is 5. The van der Waals surface area contributed by atoms with Crippen LogP contribution in [0.3, 0.4) is 0 Å². The number of ether oxygens (including phenoxy) is 1. The number of hydrogen-bond donors (Lipinski definition) is 2. The molecular formula is C22H27ClN4O3S. The zero-order valence-corrected chi connectivity index (χ0v) is 19.0. The molecule has 31 heavy (non-hydrogen) atoms. The van der Waals surface area contributed by atoms with Crippen LogP contribution in [0.15, 0.2) is 58.4 Å². The quantitative estimate of drug-likeness (QED) is 0.713. The summed E-state index contributed by atoms with van der Waals surface area (Å²) in [6.07, 6.45) is 1.30. The van der Waals surface area contributed by atoms with Crippen LogP contribution in [0, 0.1) is 0 Å². The third kappa shape index (κ3) is 4.57. The number of amidine groups is 1. The van der Waals surface area contributed by atoms with Crippen molar-refractivity contribution in [2.24, 2.45) is 4.99 Å². The fourth-order valence-electron chi connectivity index (χ4n) is 4.23. The number of methoxy groups -OCH3 is 1. The monoisotopic (exact) mass is 462 g/mol. The highest BCUT2D eigenvalue weighted by molar-refractivity contribution is 7.89. The van der Waals surface area contributed by atoms with Gasteiger partial charge in [0.15, 0.2) is 0 Å². The highest BCUT2D eigenvalue weighted by Crippen LogP contribution is 2.29. The van der Waals surface area contributed by atoms with Gasteiger partial charge in [0.05, 0.1) is 24.1 Å². The molecule has 0 bridgehead atoms. The molecule has 2 aromatic carbocycles. The lowest BCUT2D eigenvalue weighted by Crippen LogP contribution is -2.64. The van der Waals surface area contributed by atoms with Crippen LogP contribution in [0.4, 0.5) is 0 Å². The van der Waals surface area contributed by atoms with Crippen molar-refractivity contribution in [3.8, 4) is 5.75 Å². The normalized spacial score (nSPS) is 19.1. The molecule has 0 amide bonds. The van der Waals surface area contributed by atoms with E-state index in [2.05, 4.69) is 10.6 Å². The predicted molar refractivity (Wildman–Crippen MR) is 122 cm³/mol. The van der Waals surface area contributed by atoms with Crippen LogP contribution < -0.4 is 15.4 Å². The molecule has 0 radical (unpaired) electrons. The number of para-hydroxylation sites is 1. The predicted octanol–water partition coefficient (Wildman–Crippen LogP) is 2.66. The van der Waals surface area contributed by atoms with Crippen molar-refractivity contribution >= 4 is 27.5 Å². The van der Waals surface area contributed by atoms with Crippen LogP contribution >= 0.6 is 11.6 Å². The topological polar surface area (TPSA) is 83.0 Å². The summed E-state index contributed by atoms with van der Waals surface area (Å²) in [6, 6.07) is 14.2. The van der Waals surface area contributed by atoms with E-state index in [1.165, 1.54) is 0 Å². The second kappa shape index (κ2) is 9.16. The Morgan fingerprint density at radius 1 is 1.16 bits per heavy atom. The minimum atomic E-state index is -3.55. The molecule has 2 aromatic rings. The van der Waals surface area contributed by atoms with E-state index in [1.807, 2.05) is 24.3 Å². The van der Waals surface area contributed by atoms with E-state index in [0.717, 1.165) is 23.7 Å². The SMILES string of the molecule is COc1ccccc1CNC1=NCCNC12CCN(S(=O)(=O)c1ccc(Cl)cc1)CC2. The van der Waals surface area contributed by atoms with Crippen molar-refractivity contribution in [1.29, 1.82) is 0 Å². The first-order valence-electron chi connectivity index (χ1n) is 10.4. The summed E-state index contributed by atoms with van der Waals surface area (Å²) in [6.45, 7) is 2.92. The van der Waals surface area contributed by atoms with E-state index < -0.39 is 10.0 Å². The van der Waals surface area contributed by atoms with E-state index in [1.54, 1.807) is 35.7 Å². The maximum Gasteiger partial charge on any atom is 0.243 e. The third-order valence-electron chi connectivity index (χ3n) is 5.96. The van der Waals surface area contributed by atoms with Crippen molar-refractivity contribution in [2.45, 2.75) is 29.8 Å². The van der Waals surface area contributed by atoms with Gasteiger partial charge in [-0.05, 0) is 43.2 Å². The summed E-state index contributed by atoms with van der Waals surface area (Å²) >= 11 is 5.91. The van der Waals surface area contributed by atoms with E-state index in [-0.39, 0.29) is 10.4 Å². The van der Waals surface area contributed by atoms with E-state index in [9.17, 15) is 8.42 Å². The lowest BCUT2D eigenvalue weighted by Gasteiger charge is -2.44. The summed E-state index contributed by atoms with van der Waals surface area (Å²) in [5.41, 5.74) is 0.711. The Hall–Kier alpha value is -2.13. The fraction of sp³-hybridized carbons (Fsp3) is 0.409. The van der Waals surface area contributed by atoms with Gasteiger partial charge >= 0.3 is 0 Å². The first-order valence-corrected chi connectivity index (χ1v) is 12.2. The van der Waals surface area contributed by atoms with Crippen LogP contribution in [-0.4, -0.2) is 57.4 Å². The second-order valence-corrected chi connectivity index (χ2v) is 10.1. The molecule has 0 aromatic heterocycles. The number of piperidine rings is 1. The number of nitrogens with one attached hydrogen (secondary N) is 2. The van der Waals surface area contributed by atoms with Crippen LogP contribution in [0.1, 0.15) is 18.4 Å². The standard InChI is InChI=1S/C22H27ClN4O3S/c1-30-20-5-3-2-4-17(20)16-25-21-22(26-13-12-24-21)10-14-27(15-11-22)31(28,29)19-8-6-18(23)7-9-19/h2-9,26H,10-16H2,1H3,(H,24,25). The van der Waals surface area contributed by atoms with Gasteiger partial charge in [0, 0.05) is 36.8 Å². The molecule has 4 rings (SSSR count). The number of hydrogen-bond acceptors (Lipinski definition) is 6. The summed E-state index contributed by atoms with van der Waals surface area (Å²) in [7, 11) is -1.88. The van der Waals surface area contributed by atoms with Gasteiger partial charge in [0.25, 0.3) is 0 Å². The highest BCUT2D eigenvalue weighted by atomic mass is 35.5. The van der Waals surface area contributed by atoms with Crippen LogP contribution in [0.25, 0.3) is 0 Å². The van der Waals surface area contributed by atoms with Gasteiger partial charge in [-0.2, -0.15) is 4.31 Å². The first-order chi connectivity index (χ1) is 14.9. The van der Waals surface area contributed by atoms with Crippen molar-refractivity contribution < 1.29 is 13.2 Å². The Kier molecular flexibility index (Phi) is 6.52. The van der Waals surface area contributed by atoms with Gasteiger partial charge in [-0.3, -0.25) is 4.99 Å². The van der Waals surface area contributed by atoms with Crippen molar-refractivity contribution in [3.63, 3.8) is 0 Å². The molecule has 9 heteroatoms. The number of sulfonamides is 1. The molecule has 1 fully saturated rings. The van der Waals surface area contributed by atoms with E-state index in [4.69, 9.17) is 21.3 Å². The molecule has 0 atom stereocenters. The molecule has 1 saturated heterocycles. The molecule has 1 spiro atoms. The number of halogens is 1. The van der Waals surface area contributed by atoms with E-state index in [0.29, 0.717) is 44.0 Å². The van der Waals surface area contributed by atoms with Gasteiger partial charge in [-0.1, -0.05) is 29.8 Å². The Bertz CT molecular complexity index is 1050. The van der Waals surface area contributed by atoms with Gasteiger partial charge < -0.3 is 15.4 Å². The van der Waals surface area contributed by atoms with Crippen LogP contribution in [0.2, 0.25) is 5.02 Å². The van der Waals surface area contributed by atoms with E-state index >= 15 is 0 Å². The third-order valence-corrected chi connectivity index (χ3v) is 8.13. The first kappa shape index (κ1) is 22.1. The zero-order chi connectivity index (χ0) is 21.9. The number of aliphatic imine (C=N–C) groups is 1. The van der Waals surface area contributed by atoms with Crippen molar-refractivity contribution in [3.05, 3.63) is 59.1 Å². The Morgan fingerprint density at radius 3 is 2.58 bits per heavy atom. The van der Waals surface area contributed by atoms with Crippen LogP contribution in [-0.2, 0) is 16.6 Å². The summed E-state index contributed by atoms with van der Waals surface area (Å²) < 4.78 is 33.1. The van der Waals surface area contributed by atoms with Crippen molar-refractivity contribution in [2.75, 3.05) is 33.3 Å². The molecule has 2 aliphatic heterocycles. The maximum absolute atomic E-state index is 13.0. The fourth-order valence-corrected chi connectivity index (χ4v) is 5.80. The minimum absolute atomic E-state index is 0.271. The molecule has 0 saturated carbocycles. The summed E-state index contributed by atoms with van der Waals surface area (Å²) in [4.78, 5) is 5.02. The molecule has 166 valence electrons. The minimum Gasteiger partial charge on any atom is -0.496 e. The molecule has 2 aliphatic rings. The van der Waals surface area contributed by atoms with Gasteiger partial charge in [0.1, 0.15) is 11.6 Å². The highest BCUT2D eigenvalue weighted by Gasteiger charge is 2.43. The summed E-state index contributed by atoms with van der Waals surface area (Å²) in [5, 5.41) is 7.61. The average molecular weight is 463 g/mol.